The highest BCUT2D eigenvalue weighted by molar-refractivity contribution is 6.31. The van der Waals surface area contributed by atoms with Gasteiger partial charge in [-0.3, -0.25) is 0 Å². The molecule has 0 aliphatic heterocycles. The lowest BCUT2D eigenvalue weighted by Crippen LogP contribution is -1.81. The molecule has 0 aliphatic rings. The fourth-order valence-corrected chi connectivity index (χ4v) is 1.44. The van der Waals surface area contributed by atoms with Gasteiger partial charge in [0.2, 0.25) is 0 Å². The normalized spacial score (nSPS) is 10.1. The van der Waals surface area contributed by atoms with Gasteiger partial charge in [-0.2, -0.15) is 0 Å². The van der Waals surface area contributed by atoms with E-state index in [-0.39, 0.29) is 10.9 Å². The Kier molecular flexibility index (Phi) is 2.37. The van der Waals surface area contributed by atoms with Crippen LogP contribution < -0.4 is 0 Å². The molecule has 1 aromatic carbocycles. The van der Waals surface area contributed by atoms with Gasteiger partial charge >= 0.3 is 0 Å². The highest BCUT2D eigenvalue weighted by Gasteiger charge is 2.07. The molecule has 0 atom stereocenters. The van der Waals surface area contributed by atoms with Crippen molar-refractivity contribution in [3.05, 3.63) is 47.7 Å². The number of nitrogens with zero attached hydrogens (tertiary/aromatic N) is 1. The van der Waals surface area contributed by atoms with Crippen LogP contribution in [0.25, 0.3) is 11.1 Å². The number of benzene rings is 1. The summed E-state index contributed by atoms with van der Waals surface area (Å²) in [7, 11) is 0. The molecule has 0 amide bonds. The standard InChI is InChI=1S/C11H8ClNO/c12-11-10(14)9(6-7-13-11)8-4-2-1-3-5-8/h1-7,14H. The Morgan fingerprint density at radius 2 is 1.79 bits per heavy atom. The van der Waals surface area contributed by atoms with Crippen LogP contribution in [0.1, 0.15) is 0 Å². The summed E-state index contributed by atoms with van der Waals surface area (Å²) in [5.41, 5.74) is 1.62. The maximum absolute atomic E-state index is 9.66. The van der Waals surface area contributed by atoms with Crippen molar-refractivity contribution < 1.29 is 5.11 Å². The Morgan fingerprint density at radius 1 is 1.07 bits per heavy atom. The summed E-state index contributed by atoms with van der Waals surface area (Å²) in [5, 5.41) is 9.79. The Morgan fingerprint density at radius 3 is 2.50 bits per heavy atom. The highest BCUT2D eigenvalue weighted by Crippen LogP contribution is 2.32. The van der Waals surface area contributed by atoms with Crippen molar-refractivity contribution in [2.75, 3.05) is 0 Å². The summed E-state index contributed by atoms with van der Waals surface area (Å²) in [4.78, 5) is 3.78. The molecular weight excluding hydrogens is 198 g/mol. The van der Waals surface area contributed by atoms with Gasteiger partial charge in [0.1, 0.15) is 0 Å². The molecule has 1 heterocycles. The van der Waals surface area contributed by atoms with E-state index in [1.165, 1.54) is 0 Å². The number of halogens is 1. The van der Waals surface area contributed by atoms with Crippen molar-refractivity contribution in [1.29, 1.82) is 0 Å². The smallest absolute Gasteiger partial charge is 0.171 e. The summed E-state index contributed by atoms with van der Waals surface area (Å²) in [5.74, 6) is 0.0281. The molecule has 0 radical (unpaired) electrons. The largest absolute Gasteiger partial charge is 0.504 e. The van der Waals surface area contributed by atoms with Gasteiger partial charge in [0.25, 0.3) is 0 Å². The first kappa shape index (κ1) is 9.03. The van der Waals surface area contributed by atoms with E-state index in [9.17, 15) is 5.11 Å². The maximum atomic E-state index is 9.66. The molecule has 0 bridgehead atoms. The first-order valence-electron chi connectivity index (χ1n) is 4.18. The van der Waals surface area contributed by atoms with E-state index >= 15 is 0 Å². The van der Waals surface area contributed by atoms with Crippen LogP contribution in [0.3, 0.4) is 0 Å². The van der Waals surface area contributed by atoms with Gasteiger partial charge in [-0.15, -0.1) is 0 Å². The van der Waals surface area contributed by atoms with Gasteiger partial charge in [0.15, 0.2) is 10.9 Å². The Hall–Kier alpha value is -1.54. The zero-order valence-corrected chi connectivity index (χ0v) is 8.07. The number of pyridine rings is 1. The Bertz CT molecular complexity index is 442. The van der Waals surface area contributed by atoms with Gasteiger partial charge in [-0.05, 0) is 11.6 Å². The third-order valence-corrected chi connectivity index (χ3v) is 2.24. The number of hydrogen-bond donors (Lipinski definition) is 1. The summed E-state index contributed by atoms with van der Waals surface area (Å²) >= 11 is 5.70. The first-order valence-corrected chi connectivity index (χ1v) is 4.56. The number of aromatic nitrogens is 1. The quantitative estimate of drug-likeness (QED) is 0.726. The van der Waals surface area contributed by atoms with Gasteiger partial charge in [0, 0.05) is 11.8 Å². The molecule has 0 aliphatic carbocycles. The summed E-state index contributed by atoms with van der Waals surface area (Å²) in [6, 6.07) is 11.3. The topological polar surface area (TPSA) is 33.1 Å². The fourth-order valence-electron chi connectivity index (χ4n) is 1.28. The highest BCUT2D eigenvalue weighted by atomic mass is 35.5. The van der Waals surface area contributed by atoms with Crippen molar-refractivity contribution in [2.24, 2.45) is 0 Å². The van der Waals surface area contributed by atoms with Gasteiger partial charge in [-0.25, -0.2) is 4.98 Å². The zero-order valence-electron chi connectivity index (χ0n) is 7.31. The number of aromatic hydroxyl groups is 1. The molecule has 70 valence electrons. The van der Waals surface area contributed by atoms with Crippen LogP contribution in [0.5, 0.6) is 5.75 Å². The van der Waals surface area contributed by atoms with Crippen LogP contribution in [-0.4, -0.2) is 10.1 Å². The molecule has 2 rings (SSSR count). The van der Waals surface area contributed by atoms with E-state index in [1.54, 1.807) is 12.3 Å². The van der Waals surface area contributed by atoms with Crippen LogP contribution in [0.4, 0.5) is 0 Å². The first-order chi connectivity index (χ1) is 6.79. The van der Waals surface area contributed by atoms with E-state index in [1.807, 2.05) is 30.3 Å². The Balaban J connectivity index is 2.58. The van der Waals surface area contributed by atoms with Crippen LogP contribution in [0, 0.1) is 0 Å². The van der Waals surface area contributed by atoms with E-state index in [2.05, 4.69) is 4.98 Å². The molecule has 0 unspecified atom stereocenters. The fraction of sp³-hybridized carbons (Fsp3) is 0. The van der Waals surface area contributed by atoms with Crippen molar-refractivity contribution in [3.63, 3.8) is 0 Å². The second-order valence-corrected chi connectivity index (χ2v) is 3.22. The molecule has 0 spiro atoms. The summed E-state index contributed by atoms with van der Waals surface area (Å²) < 4.78 is 0. The van der Waals surface area contributed by atoms with Gasteiger partial charge in [-0.1, -0.05) is 41.9 Å². The molecule has 1 N–H and O–H groups in total. The predicted molar refractivity (Wildman–Crippen MR) is 56.3 cm³/mol. The van der Waals surface area contributed by atoms with Crippen molar-refractivity contribution >= 4 is 11.6 Å². The van der Waals surface area contributed by atoms with Crippen molar-refractivity contribution in [1.82, 2.24) is 4.98 Å². The SMILES string of the molecule is Oc1c(-c2ccccc2)ccnc1Cl. The van der Waals surface area contributed by atoms with Crippen LogP contribution >= 0.6 is 11.6 Å². The second kappa shape index (κ2) is 3.68. The minimum atomic E-state index is 0.0281. The predicted octanol–water partition coefficient (Wildman–Crippen LogP) is 3.11. The minimum absolute atomic E-state index is 0.0281. The summed E-state index contributed by atoms with van der Waals surface area (Å²) in [6.45, 7) is 0. The minimum Gasteiger partial charge on any atom is -0.504 e. The molecular formula is C11H8ClNO. The summed E-state index contributed by atoms with van der Waals surface area (Å²) in [6.07, 6.45) is 1.57. The van der Waals surface area contributed by atoms with E-state index in [0.29, 0.717) is 5.56 Å². The molecule has 14 heavy (non-hydrogen) atoms. The lowest BCUT2D eigenvalue weighted by Gasteiger charge is -2.04. The average molecular weight is 206 g/mol. The van der Waals surface area contributed by atoms with Crippen molar-refractivity contribution in [2.45, 2.75) is 0 Å². The van der Waals surface area contributed by atoms with Crippen LogP contribution in [0.2, 0.25) is 5.15 Å². The van der Waals surface area contributed by atoms with Crippen LogP contribution in [-0.2, 0) is 0 Å². The van der Waals surface area contributed by atoms with Gasteiger partial charge in [0.05, 0.1) is 0 Å². The van der Waals surface area contributed by atoms with E-state index in [4.69, 9.17) is 11.6 Å². The monoisotopic (exact) mass is 205 g/mol. The number of rotatable bonds is 1. The third kappa shape index (κ3) is 1.56. The molecule has 3 heteroatoms. The maximum Gasteiger partial charge on any atom is 0.171 e. The van der Waals surface area contributed by atoms with E-state index < -0.39 is 0 Å². The molecule has 0 saturated heterocycles. The molecule has 0 saturated carbocycles. The molecule has 2 aromatic rings. The van der Waals surface area contributed by atoms with Gasteiger partial charge < -0.3 is 5.11 Å². The second-order valence-electron chi connectivity index (χ2n) is 2.86. The lowest BCUT2D eigenvalue weighted by atomic mass is 10.1. The van der Waals surface area contributed by atoms with Crippen molar-refractivity contribution in [3.8, 4) is 16.9 Å². The lowest BCUT2D eigenvalue weighted by molar-refractivity contribution is 0.475. The molecule has 2 nitrogen and oxygen atoms in total. The average Bonchev–Trinajstić information content (AvgIpc) is 2.23. The van der Waals surface area contributed by atoms with Crippen LogP contribution in [0.15, 0.2) is 42.6 Å². The number of hydrogen-bond acceptors (Lipinski definition) is 2. The zero-order chi connectivity index (χ0) is 9.97. The Labute approximate surface area is 86.8 Å². The molecule has 1 aromatic heterocycles. The third-order valence-electron chi connectivity index (χ3n) is 1.96. The van der Waals surface area contributed by atoms with E-state index in [0.717, 1.165) is 5.56 Å². The molecule has 0 fully saturated rings.